The molecule has 0 spiro atoms. The SMILES string of the molecule is O=S(=O)(CCCNCc1cccc(Cl)c1)c1cccc(Oc2cccc(-c3ccnc4c(C(F)(F)F)cccc34)c2)c1. The lowest BCUT2D eigenvalue weighted by molar-refractivity contribution is -0.136. The number of aromatic nitrogens is 1. The van der Waals surface area contributed by atoms with Crippen molar-refractivity contribution in [3.63, 3.8) is 0 Å². The third-order valence-electron chi connectivity index (χ3n) is 6.61. The van der Waals surface area contributed by atoms with E-state index >= 15 is 0 Å². The first-order chi connectivity index (χ1) is 20.1. The fraction of sp³-hybridized carbons (Fsp3) is 0.156. The number of para-hydroxylation sites is 1. The second kappa shape index (κ2) is 12.5. The Morgan fingerprint density at radius 3 is 2.38 bits per heavy atom. The molecule has 1 N–H and O–H groups in total. The fourth-order valence-electron chi connectivity index (χ4n) is 4.64. The molecule has 0 amide bonds. The van der Waals surface area contributed by atoms with Crippen LogP contribution in [0, 0.1) is 0 Å². The maximum atomic E-state index is 13.5. The van der Waals surface area contributed by atoms with Crippen LogP contribution in [0.4, 0.5) is 13.2 Å². The zero-order chi connectivity index (χ0) is 29.7. The average Bonchev–Trinajstić information content (AvgIpc) is 2.96. The molecule has 0 atom stereocenters. The van der Waals surface area contributed by atoms with Crippen molar-refractivity contribution in [2.24, 2.45) is 0 Å². The second-order valence-electron chi connectivity index (χ2n) is 9.64. The lowest BCUT2D eigenvalue weighted by atomic mass is 9.99. The number of rotatable bonds is 10. The molecule has 0 aliphatic rings. The molecule has 0 aliphatic heterocycles. The molecule has 216 valence electrons. The third kappa shape index (κ3) is 7.10. The van der Waals surface area contributed by atoms with E-state index in [4.69, 9.17) is 16.3 Å². The van der Waals surface area contributed by atoms with E-state index in [2.05, 4.69) is 10.3 Å². The molecule has 5 aromatic rings. The molecule has 4 aromatic carbocycles. The zero-order valence-corrected chi connectivity index (χ0v) is 23.8. The van der Waals surface area contributed by atoms with Gasteiger partial charge in [0.2, 0.25) is 0 Å². The summed E-state index contributed by atoms with van der Waals surface area (Å²) in [7, 11) is -3.56. The highest BCUT2D eigenvalue weighted by Crippen LogP contribution is 2.38. The van der Waals surface area contributed by atoms with Crippen LogP contribution >= 0.6 is 11.6 Å². The van der Waals surface area contributed by atoms with Crippen LogP contribution in [-0.2, 0) is 22.6 Å². The summed E-state index contributed by atoms with van der Waals surface area (Å²) in [5.41, 5.74) is 1.28. The van der Waals surface area contributed by atoms with Crippen LogP contribution in [0.1, 0.15) is 17.5 Å². The van der Waals surface area contributed by atoms with Crippen LogP contribution in [0.2, 0.25) is 5.02 Å². The van der Waals surface area contributed by atoms with E-state index in [-0.39, 0.29) is 16.2 Å². The van der Waals surface area contributed by atoms with Crippen molar-refractivity contribution in [1.82, 2.24) is 10.3 Å². The summed E-state index contributed by atoms with van der Waals surface area (Å²) in [6, 6.07) is 26.2. The number of hydrogen-bond donors (Lipinski definition) is 1. The number of hydrogen-bond acceptors (Lipinski definition) is 5. The Hall–Kier alpha value is -3.92. The molecule has 5 rings (SSSR count). The van der Waals surface area contributed by atoms with Crippen LogP contribution in [0.5, 0.6) is 11.5 Å². The van der Waals surface area contributed by atoms with Crippen LogP contribution in [0.25, 0.3) is 22.0 Å². The maximum Gasteiger partial charge on any atom is 0.418 e. The monoisotopic (exact) mass is 610 g/mol. The first-order valence-electron chi connectivity index (χ1n) is 13.1. The maximum absolute atomic E-state index is 13.5. The molecule has 0 unspecified atom stereocenters. The standard InChI is InChI=1S/C32H26ClF3N2O3S/c33-24-8-1-6-22(18-24)21-37-15-5-17-42(39,40)27-11-3-10-26(20-27)41-25-9-2-7-23(19-25)28-14-16-38-31-29(28)12-4-13-30(31)32(34,35)36/h1-4,6-14,16,18-20,37H,5,15,17,21H2. The third-order valence-corrected chi connectivity index (χ3v) is 8.64. The molecule has 1 aromatic heterocycles. The molecule has 10 heteroatoms. The molecule has 42 heavy (non-hydrogen) atoms. The molecule has 0 saturated heterocycles. The summed E-state index contributed by atoms with van der Waals surface area (Å²) in [5, 5.41) is 4.24. The first-order valence-corrected chi connectivity index (χ1v) is 15.1. The molecule has 0 fully saturated rings. The number of sulfone groups is 1. The number of nitrogens with one attached hydrogen (secondary N) is 1. The minimum absolute atomic E-state index is 0.0382. The number of pyridine rings is 1. The Morgan fingerprint density at radius 1 is 0.857 bits per heavy atom. The van der Waals surface area contributed by atoms with Gasteiger partial charge in [0.25, 0.3) is 0 Å². The smallest absolute Gasteiger partial charge is 0.418 e. The molecular formula is C32H26ClF3N2O3S. The number of nitrogens with zero attached hydrogens (tertiary/aromatic N) is 1. The summed E-state index contributed by atoms with van der Waals surface area (Å²) in [6.45, 7) is 1.10. The molecule has 1 heterocycles. The minimum Gasteiger partial charge on any atom is -0.457 e. The highest BCUT2D eigenvalue weighted by atomic mass is 35.5. The van der Waals surface area contributed by atoms with E-state index in [1.807, 2.05) is 18.2 Å². The average molecular weight is 611 g/mol. The van der Waals surface area contributed by atoms with E-state index in [1.165, 1.54) is 24.4 Å². The van der Waals surface area contributed by atoms with Crippen molar-refractivity contribution in [2.45, 2.75) is 24.0 Å². The molecule has 0 bridgehead atoms. The Bertz CT molecular complexity index is 1830. The van der Waals surface area contributed by atoms with Crippen LogP contribution in [0.15, 0.2) is 108 Å². The highest BCUT2D eigenvalue weighted by Gasteiger charge is 2.33. The lowest BCUT2D eigenvalue weighted by Crippen LogP contribution is -2.18. The molecule has 0 radical (unpaired) electrons. The van der Waals surface area contributed by atoms with Crippen molar-refractivity contribution in [2.75, 3.05) is 12.3 Å². The number of ether oxygens (including phenoxy) is 1. The van der Waals surface area contributed by atoms with Crippen molar-refractivity contribution >= 4 is 32.3 Å². The lowest BCUT2D eigenvalue weighted by Gasteiger charge is -2.13. The number of benzene rings is 4. The molecular weight excluding hydrogens is 585 g/mol. The quantitative estimate of drug-likeness (QED) is 0.161. The topological polar surface area (TPSA) is 68.3 Å². The summed E-state index contributed by atoms with van der Waals surface area (Å²) < 4.78 is 72.6. The zero-order valence-electron chi connectivity index (χ0n) is 22.2. The second-order valence-corrected chi connectivity index (χ2v) is 12.2. The summed E-state index contributed by atoms with van der Waals surface area (Å²) in [5.74, 6) is 0.694. The molecule has 0 aliphatic carbocycles. The summed E-state index contributed by atoms with van der Waals surface area (Å²) in [4.78, 5) is 4.13. The number of alkyl halides is 3. The van der Waals surface area contributed by atoms with Gasteiger partial charge in [0.15, 0.2) is 9.84 Å². The number of halogens is 4. The highest BCUT2D eigenvalue weighted by molar-refractivity contribution is 7.91. The molecule has 5 nitrogen and oxygen atoms in total. The van der Waals surface area contributed by atoms with E-state index in [0.29, 0.717) is 52.5 Å². The van der Waals surface area contributed by atoms with Gasteiger partial charge in [-0.2, -0.15) is 13.2 Å². The van der Waals surface area contributed by atoms with E-state index in [1.54, 1.807) is 54.6 Å². The minimum atomic E-state index is -4.53. The predicted octanol–water partition coefficient (Wildman–Crippen LogP) is 8.32. The van der Waals surface area contributed by atoms with Crippen molar-refractivity contribution < 1.29 is 26.3 Å². The van der Waals surface area contributed by atoms with Crippen molar-refractivity contribution in [3.05, 3.63) is 119 Å². The summed E-state index contributed by atoms with van der Waals surface area (Å²) in [6.07, 6.45) is -2.76. The van der Waals surface area contributed by atoms with Crippen LogP contribution in [-0.4, -0.2) is 25.7 Å². The normalized spacial score (nSPS) is 12.0. The van der Waals surface area contributed by atoms with E-state index < -0.39 is 21.6 Å². The summed E-state index contributed by atoms with van der Waals surface area (Å²) >= 11 is 6.00. The first kappa shape index (κ1) is 29.6. The van der Waals surface area contributed by atoms with Gasteiger partial charge in [-0.05, 0) is 84.3 Å². The Kier molecular flexibility index (Phi) is 8.82. The van der Waals surface area contributed by atoms with E-state index in [9.17, 15) is 21.6 Å². The van der Waals surface area contributed by atoms with Crippen molar-refractivity contribution in [3.8, 4) is 22.6 Å². The van der Waals surface area contributed by atoms with Crippen LogP contribution in [0.3, 0.4) is 0 Å². The predicted molar refractivity (Wildman–Crippen MR) is 159 cm³/mol. The van der Waals surface area contributed by atoms with Gasteiger partial charge in [0.1, 0.15) is 11.5 Å². The van der Waals surface area contributed by atoms with Gasteiger partial charge in [-0.25, -0.2) is 8.42 Å². The van der Waals surface area contributed by atoms with Gasteiger partial charge in [-0.1, -0.05) is 54.1 Å². The Balaban J connectivity index is 1.28. The molecule has 0 saturated carbocycles. The Labute approximate surface area is 246 Å². The van der Waals surface area contributed by atoms with Crippen molar-refractivity contribution in [1.29, 1.82) is 0 Å². The van der Waals surface area contributed by atoms with Gasteiger partial charge in [-0.15, -0.1) is 0 Å². The van der Waals surface area contributed by atoms with Crippen LogP contribution < -0.4 is 10.1 Å². The number of fused-ring (bicyclic) bond motifs is 1. The Morgan fingerprint density at radius 2 is 1.60 bits per heavy atom. The van der Waals surface area contributed by atoms with Gasteiger partial charge in [0.05, 0.1) is 21.7 Å². The largest absolute Gasteiger partial charge is 0.457 e. The van der Waals surface area contributed by atoms with Gasteiger partial charge >= 0.3 is 6.18 Å². The van der Waals surface area contributed by atoms with Gasteiger partial charge in [0, 0.05) is 23.2 Å². The fourth-order valence-corrected chi connectivity index (χ4v) is 6.19. The van der Waals surface area contributed by atoms with E-state index in [0.717, 1.165) is 11.6 Å². The van der Waals surface area contributed by atoms with Gasteiger partial charge in [-0.3, -0.25) is 4.98 Å². The van der Waals surface area contributed by atoms with Gasteiger partial charge < -0.3 is 10.1 Å².